The predicted molar refractivity (Wildman–Crippen MR) is 97.3 cm³/mol. The van der Waals surface area contributed by atoms with E-state index in [0.29, 0.717) is 0 Å². The Morgan fingerprint density at radius 2 is 1.41 bits per heavy atom. The molecular weight excluding hydrogens is 348 g/mol. The average molecular weight is 368 g/mol. The number of benzene rings is 2. The van der Waals surface area contributed by atoms with Crippen molar-refractivity contribution in [2.45, 2.75) is 25.3 Å². The number of amides is 4. The number of nitrogens with one attached hydrogen (secondary N) is 1. The molecule has 2 aromatic carbocycles. The third kappa shape index (κ3) is 4.00. The van der Waals surface area contributed by atoms with Gasteiger partial charge in [-0.3, -0.25) is 4.90 Å². The second kappa shape index (κ2) is 7.77. The minimum Gasteiger partial charge on any atom is -0.480 e. The molecule has 0 aliphatic carbocycles. The first-order valence-electron chi connectivity index (χ1n) is 8.41. The van der Waals surface area contributed by atoms with E-state index in [1.165, 1.54) is 9.80 Å². The van der Waals surface area contributed by atoms with Gasteiger partial charge in [-0.15, -0.1) is 0 Å². The van der Waals surface area contributed by atoms with E-state index in [2.05, 4.69) is 5.32 Å². The molecule has 1 saturated heterocycles. The van der Waals surface area contributed by atoms with Crippen LogP contribution in [0.3, 0.4) is 0 Å². The van der Waals surface area contributed by atoms with E-state index < -0.39 is 30.2 Å². The standard InChI is InChI=1S/C19H20N4O4/c20-18(26)21-16-15(17(24)25)22(11-13-7-3-1-4-8-13)19(27)23(16)12-14-9-5-2-6-10-14/h1-10,15-16H,11-12H2,(H,24,25)(H3,20,21,26). The summed E-state index contributed by atoms with van der Waals surface area (Å²) in [6, 6.07) is 15.6. The third-order valence-electron chi connectivity index (χ3n) is 4.40. The van der Waals surface area contributed by atoms with Crippen LogP contribution in [0.4, 0.5) is 9.59 Å². The van der Waals surface area contributed by atoms with E-state index in [4.69, 9.17) is 5.73 Å². The summed E-state index contributed by atoms with van der Waals surface area (Å²) in [4.78, 5) is 39.0. The molecule has 4 N–H and O–H groups in total. The van der Waals surface area contributed by atoms with Crippen LogP contribution in [-0.2, 0) is 17.9 Å². The fourth-order valence-electron chi connectivity index (χ4n) is 3.21. The third-order valence-corrected chi connectivity index (χ3v) is 4.40. The number of carbonyl (C=O) groups is 3. The van der Waals surface area contributed by atoms with Crippen molar-refractivity contribution < 1.29 is 19.5 Å². The Kier molecular flexibility index (Phi) is 5.25. The normalized spacial score (nSPS) is 19.2. The zero-order valence-electron chi connectivity index (χ0n) is 14.5. The van der Waals surface area contributed by atoms with Crippen molar-refractivity contribution in [3.8, 4) is 0 Å². The number of nitrogens with two attached hydrogens (primary N) is 1. The maximum Gasteiger partial charge on any atom is 0.330 e. The molecule has 1 aliphatic heterocycles. The molecule has 0 aromatic heterocycles. The van der Waals surface area contributed by atoms with Crippen molar-refractivity contribution in [2.24, 2.45) is 5.73 Å². The van der Waals surface area contributed by atoms with Crippen molar-refractivity contribution in [1.29, 1.82) is 0 Å². The average Bonchev–Trinajstić information content (AvgIpc) is 2.88. The number of hydrogen-bond donors (Lipinski definition) is 3. The molecule has 0 saturated carbocycles. The summed E-state index contributed by atoms with van der Waals surface area (Å²) < 4.78 is 0. The van der Waals surface area contributed by atoms with Crippen LogP contribution in [0.2, 0.25) is 0 Å². The molecule has 2 aromatic rings. The predicted octanol–water partition coefficient (Wildman–Crippen LogP) is 1.57. The molecule has 4 amide bonds. The molecule has 0 radical (unpaired) electrons. The van der Waals surface area contributed by atoms with Gasteiger partial charge < -0.3 is 21.1 Å². The molecule has 140 valence electrons. The fraction of sp³-hybridized carbons (Fsp3) is 0.211. The van der Waals surface area contributed by atoms with Gasteiger partial charge in [-0.25, -0.2) is 14.4 Å². The van der Waals surface area contributed by atoms with E-state index in [1.807, 2.05) is 60.7 Å². The van der Waals surface area contributed by atoms with Crippen LogP contribution in [0.15, 0.2) is 60.7 Å². The number of hydrogen-bond acceptors (Lipinski definition) is 3. The quantitative estimate of drug-likeness (QED) is 0.718. The maximum atomic E-state index is 13.0. The monoisotopic (exact) mass is 368 g/mol. The van der Waals surface area contributed by atoms with Crippen LogP contribution in [0.1, 0.15) is 11.1 Å². The summed E-state index contributed by atoms with van der Waals surface area (Å²) in [5.74, 6) is -1.21. The highest BCUT2D eigenvalue weighted by atomic mass is 16.4. The largest absolute Gasteiger partial charge is 0.480 e. The summed E-state index contributed by atoms with van der Waals surface area (Å²) in [6.07, 6.45) is -1.07. The number of urea groups is 2. The van der Waals surface area contributed by atoms with E-state index in [9.17, 15) is 19.5 Å². The summed E-state index contributed by atoms with van der Waals surface area (Å²) in [5, 5.41) is 12.1. The first-order valence-corrected chi connectivity index (χ1v) is 8.41. The summed E-state index contributed by atoms with van der Waals surface area (Å²) in [7, 11) is 0. The highest BCUT2D eigenvalue weighted by molar-refractivity contribution is 5.89. The van der Waals surface area contributed by atoms with Crippen molar-refractivity contribution in [3.63, 3.8) is 0 Å². The van der Waals surface area contributed by atoms with Gasteiger partial charge in [-0.2, -0.15) is 0 Å². The lowest BCUT2D eigenvalue weighted by molar-refractivity contribution is -0.142. The fourth-order valence-corrected chi connectivity index (χ4v) is 3.21. The van der Waals surface area contributed by atoms with Gasteiger partial charge in [-0.1, -0.05) is 60.7 Å². The highest BCUT2D eigenvalue weighted by Gasteiger charge is 2.50. The first-order chi connectivity index (χ1) is 13.0. The Labute approximate surface area is 156 Å². The Morgan fingerprint density at radius 3 is 1.85 bits per heavy atom. The summed E-state index contributed by atoms with van der Waals surface area (Å²) in [6.45, 7) is 0.262. The topological polar surface area (TPSA) is 116 Å². The molecular formula is C19H20N4O4. The molecule has 0 bridgehead atoms. The van der Waals surface area contributed by atoms with E-state index in [1.54, 1.807) is 0 Å². The summed E-state index contributed by atoms with van der Waals surface area (Å²) >= 11 is 0. The molecule has 8 heteroatoms. The summed E-state index contributed by atoms with van der Waals surface area (Å²) in [5.41, 5.74) is 6.84. The molecule has 1 fully saturated rings. The van der Waals surface area contributed by atoms with Gasteiger partial charge in [0.2, 0.25) is 0 Å². The van der Waals surface area contributed by atoms with Crippen molar-refractivity contribution in [3.05, 3.63) is 71.8 Å². The lowest BCUT2D eigenvalue weighted by atomic mass is 10.1. The smallest absolute Gasteiger partial charge is 0.330 e. The van der Waals surface area contributed by atoms with Crippen LogP contribution < -0.4 is 11.1 Å². The van der Waals surface area contributed by atoms with E-state index in [-0.39, 0.29) is 13.1 Å². The Balaban J connectivity index is 1.94. The van der Waals surface area contributed by atoms with Crippen LogP contribution in [0.5, 0.6) is 0 Å². The molecule has 27 heavy (non-hydrogen) atoms. The zero-order chi connectivity index (χ0) is 19.4. The number of aliphatic carboxylic acids is 1. The molecule has 2 unspecified atom stereocenters. The SMILES string of the molecule is NC(=O)NC1C(C(=O)O)N(Cc2ccccc2)C(=O)N1Cc1ccccc1. The Morgan fingerprint density at radius 1 is 0.926 bits per heavy atom. The van der Waals surface area contributed by atoms with Crippen LogP contribution in [0.25, 0.3) is 0 Å². The Bertz CT molecular complexity index is 828. The number of carboxylic acids is 1. The van der Waals surface area contributed by atoms with Gasteiger partial charge >= 0.3 is 18.0 Å². The molecule has 3 rings (SSSR count). The second-order valence-electron chi connectivity index (χ2n) is 6.25. The van der Waals surface area contributed by atoms with E-state index >= 15 is 0 Å². The minimum absolute atomic E-state index is 0.110. The number of primary amides is 1. The maximum absolute atomic E-state index is 13.0. The van der Waals surface area contributed by atoms with Crippen LogP contribution in [-0.4, -0.2) is 45.1 Å². The lowest BCUT2D eigenvalue weighted by Gasteiger charge is -2.25. The number of carboxylic acid groups (broad SMARTS) is 1. The first kappa shape index (κ1) is 18.2. The van der Waals surface area contributed by atoms with Gasteiger partial charge in [-0.05, 0) is 11.1 Å². The molecule has 1 heterocycles. The van der Waals surface area contributed by atoms with Crippen molar-refractivity contribution >= 4 is 18.0 Å². The van der Waals surface area contributed by atoms with E-state index in [0.717, 1.165) is 11.1 Å². The molecule has 2 atom stereocenters. The zero-order valence-corrected chi connectivity index (χ0v) is 14.5. The van der Waals surface area contributed by atoms with Crippen LogP contribution in [0, 0.1) is 0 Å². The van der Waals surface area contributed by atoms with Gasteiger partial charge in [0.15, 0.2) is 6.04 Å². The number of carbonyl (C=O) groups excluding carboxylic acids is 2. The van der Waals surface area contributed by atoms with Gasteiger partial charge in [0, 0.05) is 13.1 Å². The minimum atomic E-state index is -1.26. The van der Waals surface area contributed by atoms with Crippen molar-refractivity contribution in [2.75, 3.05) is 0 Å². The highest BCUT2D eigenvalue weighted by Crippen LogP contribution is 2.26. The van der Waals surface area contributed by atoms with Gasteiger partial charge in [0.05, 0.1) is 0 Å². The molecule has 0 spiro atoms. The Hall–Kier alpha value is -3.55. The molecule has 8 nitrogen and oxygen atoms in total. The van der Waals surface area contributed by atoms with Crippen LogP contribution >= 0.6 is 0 Å². The number of rotatable bonds is 6. The van der Waals surface area contributed by atoms with Gasteiger partial charge in [0.25, 0.3) is 0 Å². The molecule has 1 aliphatic rings. The van der Waals surface area contributed by atoms with Crippen molar-refractivity contribution in [1.82, 2.24) is 15.1 Å². The number of nitrogens with zero attached hydrogens (tertiary/aromatic N) is 2. The van der Waals surface area contributed by atoms with Gasteiger partial charge in [0.1, 0.15) is 6.17 Å². The lowest BCUT2D eigenvalue weighted by Crippen LogP contribution is -2.54. The second-order valence-corrected chi connectivity index (χ2v) is 6.25.